The number of hydrogen-bond acceptors (Lipinski definition) is 5. The third-order valence-electron chi connectivity index (χ3n) is 6.48. The number of alkyl halides is 3. The average molecular weight is 559 g/mol. The minimum atomic E-state index is -4.19. The topological polar surface area (TPSA) is 67.8 Å². The third-order valence-corrected chi connectivity index (χ3v) is 6.72. The lowest BCUT2D eigenvalue weighted by Gasteiger charge is -2.37. The molecule has 3 rings (SSSR count). The summed E-state index contributed by atoms with van der Waals surface area (Å²) in [6.45, 7) is 6.19. The number of piperazine rings is 1. The van der Waals surface area contributed by atoms with E-state index in [2.05, 4.69) is 24.5 Å². The Morgan fingerprint density at radius 1 is 1.11 bits per heavy atom. The lowest BCUT2D eigenvalue weighted by Crippen LogP contribution is -2.47. The number of nitrogens with one attached hydrogen (secondary N) is 2. The number of nitrogens with zero attached hydrogens (tertiary/aromatic N) is 2. The molecule has 1 heterocycles. The van der Waals surface area contributed by atoms with Gasteiger partial charge in [0.2, 0.25) is 0 Å². The summed E-state index contributed by atoms with van der Waals surface area (Å²) in [6, 6.07) is 9.21. The zero-order valence-corrected chi connectivity index (χ0v) is 22.4. The van der Waals surface area contributed by atoms with Gasteiger partial charge in [-0.2, -0.15) is 13.2 Å². The molecule has 3 N–H and O–H groups in total. The van der Waals surface area contributed by atoms with Crippen LogP contribution in [-0.4, -0.2) is 67.5 Å². The van der Waals surface area contributed by atoms with Gasteiger partial charge < -0.3 is 20.6 Å². The van der Waals surface area contributed by atoms with Gasteiger partial charge >= 0.3 is 6.18 Å². The van der Waals surface area contributed by atoms with E-state index in [-0.39, 0.29) is 24.8 Å². The molecule has 0 aliphatic carbocycles. The molecule has 1 amide bonds. The quantitative estimate of drug-likeness (QED) is 0.327. The molecule has 0 radical (unpaired) electrons. The van der Waals surface area contributed by atoms with Crippen LogP contribution in [0.15, 0.2) is 36.4 Å². The van der Waals surface area contributed by atoms with Crippen LogP contribution in [0.2, 0.25) is 5.02 Å². The first kappa shape index (κ1) is 30.1. The van der Waals surface area contributed by atoms with Crippen LogP contribution in [0.5, 0.6) is 0 Å². The van der Waals surface area contributed by atoms with Crippen molar-refractivity contribution in [1.29, 1.82) is 0 Å². The fourth-order valence-corrected chi connectivity index (χ4v) is 4.63. The van der Waals surface area contributed by atoms with Crippen LogP contribution in [0.1, 0.15) is 42.6 Å². The molecule has 1 aliphatic rings. The Labute approximate surface area is 225 Å². The second kappa shape index (κ2) is 13.6. The molecule has 2 aromatic rings. The minimum Gasteiger partial charge on any atom is -0.395 e. The Hall–Kier alpha value is -2.40. The van der Waals surface area contributed by atoms with Crippen molar-refractivity contribution in [3.63, 3.8) is 0 Å². The number of benzene rings is 2. The maximum Gasteiger partial charge on any atom is 0.390 e. The second-order valence-corrected chi connectivity index (χ2v) is 10.5. The zero-order valence-electron chi connectivity index (χ0n) is 21.6. The van der Waals surface area contributed by atoms with Crippen molar-refractivity contribution >= 4 is 28.9 Å². The Balaban J connectivity index is 1.64. The molecule has 1 saturated heterocycles. The Morgan fingerprint density at radius 2 is 1.82 bits per heavy atom. The standard InChI is InChI=1S/C27H35ClF4N4O2/c1-18(2)13-21(17-37)33-16-19-3-5-22(23(29)14-19)26(38)34-24-6-4-20(28)15-25(24)36-11-9-35(10-12-36)8-7-27(30,31)32/h3-6,14-15,18,21,33,37H,7-13,16-17H2,1-2H3,(H,34,38)/t21-/m1/s1. The molecule has 0 unspecified atom stereocenters. The molecule has 0 saturated carbocycles. The number of anilines is 2. The average Bonchev–Trinajstić information content (AvgIpc) is 2.86. The third kappa shape index (κ3) is 9.11. The highest BCUT2D eigenvalue weighted by Gasteiger charge is 2.29. The van der Waals surface area contributed by atoms with Gasteiger partial charge in [-0.15, -0.1) is 0 Å². The molecule has 1 atom stereocenters. The molecule has 1 aliphatic heterocycles. The van der Waals surface area contributed by atoms with Crippen molar-refractivity contribution in [1.82, 2.24) is 10.2 Å². The first-order valence-electron chi connectivity index (χ1n) is 12.7. The van der Waals surface area contributed by atoms with Gasteiger partial charge in [0.15, 0.2) is 0 Å². The van der Waals surface area contributed by atoms with Crippen molar-refractivity contribution < 1.29 is 27.5 Å². The van der Waals surface area contributed by atoms with E-state index in [1.165, 1.54) is 12.1 Å². The molecule has 2 aromatic carbocycles. The number of halogens is 5. The first-order chi connectivity index (χ1) is 17.9. The van der Waals surface area contributed by atoms with E-state index in [4.69, 9.17) is 11.6 Å². The number of carbonyl (C=O) groups is 1. The van der Waals surface area contributed by atoms with E-state index in [1.54, 1.807) is 29.2 Å². The van der Waals surface area contributed by atoms with Crippen LogP contribution in [0.4, 0.5) is 28.9 Å². The van der Waals surface area contributed by atoms with Crippen LogP contribution in [0, 0.1) is 11.7 Å². The molecule has 0 aromatic heterocycles. The predicted molar refractivity (Wildman–Crippen MR) is 142 cm³/mol. The highest BCUT2D eigenvalue weighted by atomic mass is 35.5. The minimum absolute atomic E-state index is 0.0207. The van der Waals surface area contributed by atoms with Crippen molar-refractivity contribution in [2.45, 2.75) is 45.5 Å². The molecule has 11 heteroatoms. The highest BCUT2D eigenvalue weighted by Crippen LogP contribution is 2.31. The van der Waals surface area contributed by atoms with Gasteiger partial charge in [-0.25, -0.2) is 4.39 Å². The van der Waals surface area contributed by atoms with Crippen molar-refractivity contribution in [2.24, 2.45) is 5.92 Å². The van der Waals surface area contributed by atoms with Crippen LogP contribution in [0.3, 0.4) is 0 Å². The van der Waals surface area contributed by atoms with E-state index in [0.29, 0.717) is 60.6 Å². The monoisotopic (exact) mass is 558 g/mol. The summed E-state index contributed by atoms with van der Waals surface area (Å²) in [5, 5.41) is 15.9. The van der Waals surface area contributed by atoms with Crippen molar-refractivity contribution in [3.8, 4) is 0 Å². The number of aliphatic hydroxyl groups is 1. The summed E-state index contributed by atoms with van der Waals surface area (Å²) >= 11 is 6.19. The van der Waals surface area contributed by atoms with Crippen LogP contribution in [0.25, 0.3) is 0 Å². The number of rotatable bonds is 11. The fourth-order valence-electron chi connectivity index (χ4n) is 4.47. The molecular formula is C27H35ClF4N4O2. The van der Waals surface area contributed by atoms with Crippen molar-refractivity contribution in [3.05, 3.63) is 58.4 Å². The molecular weight excluding hydrogens is 524 g/mol. The van der Waals surface area contributed by atoms with Gasteiger partial charge in [-0.05, 0) is 48.2 Å². The van der Waals surface area contributed by atoms with E-state index >= 15 is 0 Å². The van der Waals surface area contributed by atoms with Crippen LogP contribution < -0.4 is 15.5 Å². The molecule has 0 bridgehead atoms. The van der Waals surface area contributed by atoms with E-state index < -0.39 is 24.3 Å². The molecule has 0 spiro atoms. The van der Waals surface area contributed by atoms with Gasteiger partial charge in [0, 0.05) is 50.3 Å². The molecule has 1 fully saturated rings. The maximum atomic E-state index is 14.9. The summed E-state index contributed by atoms with van der Waals surface area (Å²) in [7, 11) is 0. The van der Waals surface area contributed by atoms with Gasteiger partial charge in [0.25, 0.3) is 5.91 Å². The van der Waals surface area contributed by atoms with Gasteiger partial charge in [0.1, 0.15) is 5.82 Å². The van der Waals surface area contributed by atoms with Crippen molar-refractivity contribution in [2.75, 3.05) is 49.5 Å². The van der Waals surface area contributed by atoms with Gasteiger partial charge in [0.05, 0.1) is 30.0 Å². The Morgan fingerprint density at radius 3 is 2.42 bits per heavy atom. The molecule has 6 nitrogen and oxygen atoms in total. The SMILES string of the molecule is CC(C)C[C@H](CO)NCc1ccc(C(=O)Nc2ccc(Cl)cc2N2CCN(CCC(F)(F)F)CC2)c(F)c1. The smallest absolute Gasteiger partial charge is 0.390 e. The molecule has 210 valence electrons. The lowest BCUT2D eigenvalue weighted by atomic mass is 10.0. The highest BCUT2D eigenvalue weighted by molar-refractivity contribution is 6.31. The number of hydrogen-bond donors (Lipinski definition) is 3. The normalized spacial score (nSPS) is 15.7. The maximum absolute atomic E-state index is 14.9. The molecule has 38 heavy (non-hydrogen) atoms. The number of amides is 1. The summed E-state index contributed by atoms with van der Waals surface area (Å²) in [5.74, 6) is -0.888. The number of carbonyl (C=O) groups excluding carboxylic acids is 1. The summed E-state index contributed by atoms with van der Waals surface area (Å²) in [4.78, 5) is 16.7. The fraction of sp³-hybridized carbons (Fsp3) is 0.519. The Bertz CT molecular complexity index is 1080. The Kier molecular flexibility index (Phi) is 10.8. The largest absolute Gasteiger partial charge is 0.395 e. The van der Waals surface area contributed by atoms with Gasteiger partial charge in [-0.1, -0.05) is 31.5 Å². The zero-order chi connectivity index (χ0) is 27.9. The van der Waals surface area contributed by atoms with E-state index in [0.717, 1.165) is 6.42 Å². The second-order valence-electron chi connectivity index (χ2n) is 10.0. The predicted octanol–water partition coefficient (Wildman–Crippen LogP) is 5.30. The van der Waals surface area contributed by atoms with Crippen LogP contribution >= 0.6 is 11.6 Å². The number of aliphatic hydroxyl groups excluding tert-OH is 1. The summed E-state index contributed by atoms with van der Waals surface area (Å²) < 4.78 is 52.6. The van der Waals surface area contributed by atoms with E-state index in [9.17, 15) is 27.5 Å². The van der Waals surface area contributed by atoms with Crippen LogP contribution in [-0.2, 0) is 6.54 Å². The van der Waals surface area contributed by atoms with Gasteiger partial charge in [-0.3, -0.25) is 9.69 Å². The van der Waals surface area contributed by atoms with E-state index in [1.807, 2.05) is 4.90 Å². The lowest BCUT2D eigenvalue weighted by molar-refractivity contribution is -0.138. The summed E-state index contributed by atoms with van der Waals surface area (Å²) in [6.07, 6.45) is -4.27. The summed E-state index contributed by atoms with van der Waals surface area (Å²) in [5.41, 5.74) is 1.60. The first-order valence-corrected chi connectivity index (χ1v) is 13.1.